The number of hydrogen-bond acceptors (Lipinski definition) is 7. The highest BCUT2D eigenvalue weighted by atomic mass is 32.1. The van der Waals surface area contributed by atoms with Crippen LogP contribution in [0.1, 0.15) is 35.4 Å². The van der Waals surface area contributed by atoms with E-state index in [0.29, 0.717) is 50.2 Å². The summed E-state index contributed by atoms with van der Waals surface area (Å²) in [5, 5.41) is 9.59. The molecule has 4 amide bonds. The van der Waals surface area contributed by atoms with Crippen molar-refractivity contribution in [3.63, 3.8) is 0 Å². The number of aromatic nitrogens is 2. The normalized spacial score (nSPS) is 18.1. The molecule has 0 bridgehead atoms. The van der Waals surface area contributed by atoms with Crippen LogP contribution in [0.4, 0.5) is 22.0 Å². The van der Waals surface area contributed by atoms with Crippen LogP contribution < -0.4 is 25.6 Å². The summed E-state index contributed by atoms with van der Waals surface area (Å²) in [6, 6.07) is 14.0. The Morgan fingerprint density at radius 1 is 1.05 bits per heavy atom. The van der Waals surface area contributed by atoms with Crippen LogP contribution in [0.2, 0.25) is 0 Å². The number of para-hydroxylation sites is 1. The van der Waals surface area contributed by atoms with Gasteiger partial charge in [-0.15, -0.1) is 11.3 Å². The number of ether oxygens (including phenoxy) is 1. The van der Waals surface area contributed by atoms with Gasteiger partial charge in [-0.3, -0.25) is 9.59 Å². The summed E-state index contributed by atoms with van der Waals surface area (Å²) >= 11 is 1.23. The van der Waals surface area contributed by atoms with Crippen LogP contribution in [0.15, 0.2) is 73.6 Å². The van der Waals surface area contributed by atoms with E-state index in [-0.39, 0.29) is 23.9 Å². The summed E-state index contributed by atoms with van der Waals surface area (Å²) in [5.74, 6) is 1.13. The van der Waals surface area contributed by atoms with Crippen molar-refractivity contribution in [2.24, 2.45) is 0 Å². The fourth-order valence-corrected chi connectivity index (χ4v) is 6.15. The highest BCUT2D eigenvalue weighted by Crippen LogP contribution is 2.45. The van der Waals surface area contributed by atoms with Crippen LogP contribution in [0.3, 0.4) is 0 Å². The van der Waals surface area contributed by atoms with E-state index in [1.54, 1.807) is 30.6 Å². The average Bonchev–Trinajstić information content (AvgIpc) is 3.34. The lowest BCUT2D eigenvalue weighted by atomic mass is 9.91. The van der Waals surface area contributed by atoms with E-state index in [4.69, 9.17) is 4.74 Å². The molecular weight excluding hydrogens is 528 g/mol. The van der Waals surface area contributed by atoms with Crippen molar-refractivity contribution in [1.29, 1.82) is 0 Å². The maximum atomic E-state index is 13.4. The SMILES string of the molecule is C=CC(=O)N[C@H]1CCCC(NC(=O)c2sc3nccc4c3c2NC(=O)N4c2ccc(Oc3ccccc3)cn2)C1. The molecular formula is C29H26N6O4S. The fraction of sp³-hybridized carbons (Fsp3) is 0.207. The van der Waals surface area contributed by atoms with Gasteiger partial charge in [0.2, 0.25) is 5.91 Å². The quantitative estimate of drug-likeness (QED) is 0.259. The number of urea groups is 1. The molecule has 2 aliphatic rings. The first-order chi connectivity index (χ1) is 19.5. The number of rotatable bonds is 7. The van der Waals surface area contributed by atoms with Crippen LogP contribution in [0.25, 0.3) is 10.2 Å². The smallest absolute Gasteiger partial charge is 0.332 e. The van der Waals surface area contributed by atoms with E-state index in [1.807, 2.05) is 30.3 Å². The molecule has 4 heterocycles. The molecule has 40 heavy (non-hydrogen) atoms. The molecule has 0 spiro atoms. The molecule has 1 aliphatic carbocycles. The zero-order chi connectivity index (χ0) is 27.6. The molecule has 1 aromatic carbocycles. The first-order valence-corrected chi connectivity index (χ1v) is 13.8. The number of hydrogen-bond donors (Lipinski definition) is 3. The number of pyridine rings is 2. The molecule has 4 aromatic rings. The Hall–Kier alpha value is -4.77. The maximum Gasteiger partial charge on any atom is 0.332 e. The third-order valence-corrected chi connectivity index (χ3v) is 8.02. The Kier molecular flexibility index (Phi) is 6.87. The molecule has 1 aliphatic heterocycles. The Balaban J connectivity index is 1.24. The second-order valence-corrected chi connectivity index (χ2v) is 10.6. The molecule has 3 N–H and O–H groups in total. The van der Waals surface area contributed by atoms with Gasteiger partial charge in [0.1, 0.15) is 27.0 Å². The maximum absolute atomic E-state index is 13.4. The van der Waals surface area contributed by atoms with E-state index >= 15 is 0 Å². The molecule has 6 rings (SSSR count). The molecule has 2 atom stereocenters. The zero-order valence-electron chi connectivity index (χ0n) is 21.4. The number of nitrogens with one attached hydrogen (secondary N) is 3. The van der Waals surface area contributed by atoms with Crippen molar-refractivity contribution in [1.82, 2.24) is 20.6 Å². The number of benzene rings is 1. The second kappa shape index (κ2) is 10.8. The van der Waals surface area contributed by atoms with Gasteiger partial charge < -0.3 is 20.7 Å². The largest absolute Gasteiger partial charge is 0.456 e. The van der Waals surface area contributed by atoms with Gasteiger partial charge in [0.25, 0.3) is 5.91 Å². The Labute approximate surface area is 234 Å². The van der Waals surface area contributed by atoms with Crippen molar-refractivity contribution in [3.05, 3.63) is 78.5 Å². The summed E-state index contributed by atoms with van der Waals surface area (Å²) in [4.78, 5) is 49.9. The van der Waals surface area contributed by atoms with Crippen LogP contribution in [0, 0.1) is 0 Å². The first-order valence-electron chi connectivity index (χ1n) is 13.0. The van der Waals surface area contributed by atoms with Crippen molar-refractivity contribution in [3.8, 4) is 11.5 Å². The molecule has 10 nitrogen and oxygen atoms in total. The summed E-state index contributed by atoms with van der Waals surface area (Å²) in [5.41, 5.74) is 1.03. The van der Waals surface area contributed by atoms with Gasteiger partial charge in [0, 0.05) is 18.3 Å². The Morgan fingerprint density at radius 2 is 1.85 bits per heavy atom. The van der Waals surface area contributed by atoms with Gasteiger partial charge in [-0.25, -0.2) is 19.7 Å². The Morgan fingerprint density at radius 3 is 2.60 bits per heavy atom. The predicted molar refractivity (Wildman–Crippen MR) is 153 cm³/mol. The lowest BCUT2D eigenvalue weighted by Crippen LogP contribution is -2.45. The molecule has 202 valence electrons. The average molecular weight is 555 g/mol. The minimum absolute atomic E-state index is 0.0242. The van der Waals surface area contributed by atoms with E-state index in [0.717, 1.165) is 19.3 Å². The lowest BCUT2D eigenvalue weighted by molar-refractivity contribution is -0.117. The summed E-state index contributed by atoms with van der Waals surface area (Å²) in [7, 11) is 0. The van der Waals surface area contributed by atoms with Crippen LogP contribution in [-0.2, 0) is 4.79 Å². The van der Waals surface area contributed by atoms with Crippen molar-refractivity contribution >= 4 is 56.6 Å². The van der Waals surface area contributed by atoms with Crippen molar-refractivity contribution < 1.29 is 19.1 Å². The topological polar surface area (TPSA) is 126 Å². The standard InChI is InChI=1S/C29H26N6O4S/c1-2-23(36)32-17-7-6-8-18(15-17)33-27(37)26-25-24-21(13-14-30-28(24)40-26)35(29(38)34-25)22-12-11-20(16-31-22)39-19-9-4-3-5-10-19/h2-5,9-14,16-18H,1,6-8,15H2,(H,32,36)(H,33,37)(H,34,38)/t17-,18?/m0/s1. The monoisotopic (exact) mass is 554 g/mol. The first kappa shape index (κ1) is 25.5. The number of thiophene rings is 1. The second-order valence-electron chi connectivity index (χ2n) is 9.60. The number of amides is 4. The third kappa shape index (κ3) is 4.98. The van der Waals surface area contributed by atoms with Gasteiger partial charge in [-0.1, -0.05) is 24.8 Å². The molecule has 1 unspecified atom stereocenters. The van der Waals surface area contributed by atoms with Gasteiger partial charge in [0.05, 0.1) is 23.0 Å². The van der Waals surface area contributed by atoms with Gasteiger partial charge in [-0.05, 0) is 62.1 Å². The predicted octanol–water partition coefficient (Wildman–Crippen LogP) is 5.51. The zero-order valence-corrected chi connectivity index (χ0v) is 22.2. The molecule has 3 aromatic heterocycles. The molecule has 1 fully saturated rings. The van der Waals surface area contributed by atoms with E-state index in [1.165, 1.54) is 22.3 Å². The lowest BCUT2D eigenvalue weighted by Gasteiger charge is -2.30. The number of anilines is 3. The highest BCUT2D eigenvalue weighted by Gasteiger charge is 2.34. The molecule has 0 saturated heterocycles. The minimum atomic E-state index is -0.429. The van der Waals surface area contributed by atoms with Gasteiger partial charge >= 0.3 is 6.03 Å². The fourth-order valence-electron chi connectivity index (χ4n) is 5.12. The summed E-state index contributed by atoms with van der Waals surface area (Å²) < 4.78 is 5.83. The van der Waals surface area contributed by atoms with E-state index < -0.39 is 6.03 Å². The number of carbonyl (C=O) groups is 3. The molecule has 1 saturated carbocycles. The highest BCUT2D eigenvalue weighted by molar-refractivity contribution is 7.21. The minimum Gasteiger partial charge on any atom is -0.456 e. The Bertz CT molecular complexity index is 1600. The van der Waals surface area contributed by atoms with Crippen molar-refractivity contribution in [2.45, 2.75) is 37.8 Å². The number of nitrogens with zero attached hydrogens (tertiary/aromatic N) is 3. The molecule has 11 heteroatoms. The summed E-state index contributed by atoms with van der Waals surface area (Å²) in [6.07, 6.45) is 7.61. The van der Waals surface area contributed by atoms with Gasteiger partial charge in [0.15, 0.2) is 0 Å². The molecule has 0 radical (unpaired) electrons. The number of carbonyl (C=O) groups excluding carboxylic acids is 3. The van der Waals surface area contributed by atoms with Crippen LogP contribution >= 0.6 is 11.3 Å². The van der Waals surface area contributed by atoms with Crippen LogP contribution in [-0.4, -0.2) is 39.9 Å². The van der Waals surface area contributed by atoms with E-state index in [9.17, 15) is 14.4 Å². The van der Waals surface area contributed by atoms with Gasteiger partial charge in [-0.2, -0.15) is 0 Å². The van der Waals surface area contributed by atoms with Crippen molar-refractivity contribution in [2.75, 3.05) is 10.2 Å². The summed E-state index contributed by atoms with van der Waals surface area (Å²) in [6.45, 7) is 3.50. The van der Waals surface area contributed by atoms with E-state index in [2.05, 4.69) is 32.5 Å². The third-order valence-electron chi connectivity index (χ3n) is 6.92. The van der Waals surface area contributed by atoms with Crippen LogP contribution in [0.5, 0.6) is 11.5 Å².